The maximum absolute atomic E-state index is 11.7. The molecule has 0 bridgehead atoms. The highest BCUT2D eigenvalue weighted by molar-refractivity contribution is 7.18. The van der Waals surface area contributed by atoms with Gasteiger partial charge in [0, 0.05) is 6.61 Å². The van der Waals surface area contributed by atoms with Crippen molar-refractivity contribution in [3.8, 4) is 0 Å². The Morgan fingerprint density at radius 3 is 3.06 bits per heavy atom. The highest BCUT2D eigenvalue weighted by Crippen LogP contribution is 2.21. The van der Waals surface area contributed by atoms with Gasteiger partial charge in [0.1, 0.15) is 6.61 Å². The van der Waals surface area contributed by atoms with Gasteiger partial charge in [0.25, 0.3) is 0 Å². The molecule has 0 amide bonds. The monoisotopic (exact) mass is 274 g/mol. The number of ether oxygens (including phenoxy) is 2. The van der Waals surface area contributed by atoms with Crippen LogP contribution in [-0.4, -0.2) is 31.7 Å². The summed E-state index contributed by atoms with van der Waals surface area (Å²) in [5.74, 6) is -0.0160. The molecule has 2 rings (SSSR count). The molecule has 3 nitrogen and oxygen atoms in total. The maximum atomic E-state index is 11.7. The zero-order chi connectivity index (χ0) is 12.1. The molecule has 1 aliphatic heterocycles. The average molecular weight is 275 g/mol. The Hall–Kier alpha value is -0.420. The Labute approximate surface area is 110 Å². The molecule has 1 aliphatic rings. The normalized spacial score (nSPS) is 20.4. The van der Waals surface area contributed by atoms with Crippen LogP contribution in [0.3, 0.4) is 0 Å². The number of carbonyl (C=O) groups is 1. The van der Waals surface area contributed by atoms with E-state index in [1.807, 2.05) is 0 Å². The maximum Gasteiger partial charge on any atom is 0.198 e. The summed E-state index contributed by atoms with van der Waals surface area (Å²) in [6.45, 7) is 1.42. The summed E-state index contributed by atoms with van der Waals surface area (Å²) in [5, 5.41) is 0. The summed E-state index contributed by atoms with van der Waals surface area (Å²) in [5.41, 5.74) is 0. The van der Waals surface area contributed by atoms with E-state index in [1.54, 1.807) is 12.1 Å². The van der Waals surface area contributed by atoms with Crippen LogP contribution in [0.2, 0.25) is 4.34 Å². The minimum atomic E-state index is -0.0160. The van der Waals surface area contributed by atoms with Crippen molar-refractivity contribution >= 4 is 28.7 Å². The first-order chi connectivity index (χ1) is 8.25. The van der Waals surface area contributed by atoms with Crippen LogP contribution in [0.1, 0.15) is 28.9 Å². The highest BCUT2D eigenvalue weighted by Gasteiger charge is 2.15. The fourth-order valence-corrected chi connectivity index (χ4v) is 2.72. The van der Waals surface area contributed by atoms with Crippen LogP contribution in [0.4, 0.5) is 0 Å². The SMILES string of the molecule is O=C(COCC1CCCCO1)c1ccc(Cl)s1. The molecular weight excluding hydrogens is 260 g/mol. The first-order valence-electron chi connectivity index (χ1n) is 5.73. The van der Waals surface area contributed by atoms with E-state index < -0.39 is 0 Å². The van der Waals surface area contributed by atoms with E-state index in [-0.39, 0.29) is 18.5 Å². The van der Waals surface area contributed by atoms with Gasteiger partial charge in [-0.25, -0.2) is 0 Å². The number of hydrogen-bond acceptors (Lipinski definition) is 4. The van der Waals surface area contributed by atoms with Gasteiger partial charge in [-0.15, -0.1) is 11.3 Å². The average Bonchev–Trinajstić information content (AvgIpc) is 2.77. The lowest BCUT2D eigenvalue weighted by Gasteiger charge is -2.22. The number of hydrogen-bond donors (Lipinski definition) is 0. The summed E-state index contributed by atoms with van der Waals surface area (Å²) in [6.07, 6.45) is 3.49. The van der Waals surface area contributed by atoms with Crippen molar-refractivity contribution in [2.75, 3.05) is 19.8 Å². The van der Waals surface area contributed by atoms with Gasteiger partial charge in [-0.1, -0.05) is 11.6 Å². The summed E-state index contributed by atoms with van der Waals surface area (Å²) in [6, 6.07) is 3.46. The molecule has 1 aromatic rings. The molecule has 5 heteroatoms. The molecule has 0 radical (unpaired) electrons. The van der Waals surface area contributed by atoms with Crippen molar-refractivity contribution < 1.29 is 14.3 Å². The molecule has 0 aromatic carbocycles. The van der Waals surface area contributed by atoms with Crippen molar-refractivity contribution in [1.82, 2.24) is 0 Å². The Morgan fingerprint density at radius 1 is 1.53 bits per heavy atom. The molecule has 17 heavy (non-hydrogen) atoms. The van der Waals surface area contributed by atoms with Crippen LogP contribution >= 0.6 is 22.9 Å². The quantitative estimate of drug-likeness (QED) is 0.774. The summed E-state index contributed by atoms with van der Waals surface area (Å²) in [4.78, 5) is 12.3. The van der Waals surface area contributed by atoms with Crippen LogP contribution in [-0.2, 0) is 9.47 Å². The van der Waals surface area contributed by atoms with Crippen molar-refractivity contribution in [3.63, 3.8) is 0 Å². The molecule has 0 spiro atoms. The third kappa shape index (κ3) is 4.07. The molecule has 1 saturated heterocycles. The number of rotatable bonds is 5. The smallest absolute Gasteiger partial charge is 0.198 e. The minimum absolute atomic E-state index is 0.0160. The molecule has 1 fully saturated rings. The molecule has 1 unspecified atom stereocenters. The van der Waals surface area contributed by atoms with Crippen LogP contribution in [0.5, 0.6) is 0 Å². The zero-order valence-corrected chi connectivity index (χ0v) is 11.1. The second kappa shape index (κ2) is 6.50. The van der Waals surface area contributed by atoms with Gasteiger partial charge in [0.2, 0.25) is 0 Å². The van der Waals surface area contributed by atoms with Crippen LogP contribution in [0.15, 0.2) is 12.1 Å². The number of ketones is 1. The topological polar surface area (TPSA) is 35.5 Å². The predicted molar refractivity (Wildman–Crippen MR) is 68.1 cm³/mol. The second-order valence-electron chi connectivity index (χ2n) is 4.03. The van der Waals surface area contributed by atoms with Crippen molar-refractivity contribution in [2.24, 2.45) is 0 Å². The fraction of sp³-hybridized carbons (Fsp3) is 0.583. The summed E-state index contributed by atoms with van der Waals surface area (Å²) >= 11 is 7.05. The number of carbonyl (C=O) groups excluding carboxylic acids is 1. The van der Waals surface area contributed by atoms with Crippen LogP contribution in [0, 0.1) is 0 Å². The summed E-state index contributed by atoms with van der Waals surface area (Å²) < 4.78 is 11.5. The molecule has 0 N–H and O–H groups in total. The lowest BCUT2D eigenvalue weighted by molar-refractivity contribution is -0.0370. The zero-order valence-electron chi connectivity index (χ0n) is 9.49. The lowest BCUT2D eigenvalue weighted by Crippen LogP contribution is -2.25. The number of halogens is 1. The highest BCUT2D eigenvalue weighted by atomic mass is 35.5. The molecular formula is C12H15ClO3S. The van der Waals surface area contributed by atoms with E-state index in [4.69, 9.17) is 21.1 Å². The molecule has 0 saturated carbocycles. The van der Waals surface area contributed by atoms with E-state index in [0.717, 1.165) is 19.4 Å². The Balaban J connectivity index is 1.69. The fourth-order valence-electron chi connectivity index (χ4n) is 1.76. The Bertz CT molecular complexity index is 372. The van der Waals surface area contributed by atoms with E-state index in [2.05, 4.69) is 0 Å². The summed E-state index contributed by atoms with van der Waals surface area (Å²) in [7, 11) is 0. The Morgan fingerprint density at radius 2 is 2.41 bits per heavy atom. The first-order valence-corrected chi connectivity index (χ1v) is 6.93. The standard InChI is InChI=1S/C12H15ClO3S/c13-12-5-4-11(17-12)10(14)8-15-7-9-3-1-2-6-16-9/h4-5,9H,1-3,6-8H2. The van der Waals surface area contributed by atoms with Crippen LogP contribution < -0.4 is 0 Å². The third-order valence-corrected chi connectivity index (χ3v) is 3.93. The number of thiophene rings is 1. The molecule has 1 atom stereocenters. The lowest BCUT2D eigenvalue weighted by atomic mass is 10.1. The molecule has 0 aliphatic carbocycles. The van der Waals surface area contributed by atoms with E-state index in [9.17, 15) is 4.79 Å². The van der Waals surface area contributed by atoms with E-state index in [0.29, 0.717) is 15.8 Å². The largest absolute Gasteiger partial charge is 0.376 e. The number of Topliss-reactive ketones (excluding diaryl/α,β-unsaturated/α-hetero) is 1. The predicted octanol–water partition coefficient (Wildman–Crippen LogP) is 3.17. The molecule has 2 heterocycles. The van der Waals surface area contributed by atoms with Gasteiger partial charge >= 0.3 is 0 Å². The minimum Gasteiger partial charge on any atom is -0.376 e. The van der Waals surface area contributed by atoms with E-state index in [1.165, 1.54) is 17.8 Å². The molecule has 1 aromatic heterocycles. The molecule has 94 valence electrons. The Kier molecular flexibility index (Phi) is 4.98. The van der Waals surface area contributed by atoms with Gasteiger partial charge in [-0.2, -0.15) is 0 Å². The van der Waals surface area contributed by atoms with Gasteiger partial charge < -0.3 is 9.47 Å². The third-order valence-electron chi connectivity index (χ3n) is 2.66. The van der Waals surface area contributed by atoms with E-state index >= 15 is 0 Å². The van der Waals surface area contributed by atoms with Gasteiger partial charge in [-0.05, 0) is 31.4 Å². The van der Waals surface area contributed by atoms with Crippen molar-refractivity contribution in [2.45, 2.75) is 25.4 Å². The second-order valence-corrected chi connectivity index (χ2v) is 5.75. The van der Waals surface area contributed by atoms with Gasteiger partial charge in [0.05, 0.1) is 21.9 Å². The first kappa shape index (κ1) is 13.0. The van der Waals surface area contributed by atoms with Crippen LogP contribution in [0.25, 0.3) is 0 Å². The van der Waals surface area contributed by atoms with Gasteiger partial charge in [0.15, 0.2) is 5.78 Å². The van der Waals surface area contributed by atoms with Crippen molar-refractivity contribution in [3.05, 3.63) is 21.3 Å². The van der Waals surface area contributed by atoms with Gasteiger partial charge in [-0.3, -0.25) is 4.79 Å². The van der Waals surface area contributed by atoms with Crippen molar-refractivity contribution in [1.29, 1.82) is 0 Å².